The first-order chi connectivity index (χ1) is 9.71. The van der Waals surface area contributed by atoms with Crippen LogP contribution in [0.2, 0.25) is 0 Å². The lowest BCUT2D eigenvalue weighted by Gasteiger charge is -2.19. The highest BCUT2D eigenvalue weighted by Gasteiger charge is 2.10. The summed E-state index contributed by atoms with van der Waals surface area (Å²) in [4.78, 5) is 4.16. The third-order valence-electron chi connectivity index (χ3n) is 2.36. The number of pyridine rings is 1. The second kappa shape index (κ2) is 9.46. The predicted octanol–water partition coefficient (Wildman–Crippen LogP) is 1.78. The number of anilines is 1. The lowest BCUT2D eigenvalue weighted by Crippen LogP contribution is -2.37. The van der Waals surface area contributed by atoms with E-state index in [9.17, 15) is 0 Å². The summed E-state index contributed by atoms with van der Waals surface area (Å²) in [5, 5.41) is 6.44. The van der Waals surface area contributed by atoms with Gasteiger partial charge < -0.3 is 24.8 Å². The lowest BCUT2D eigenvalue weighted by atomic mass is 10.4. The molecule has 1 aromatic heterocycles. The fourth-order valence-electron chi connectivity index (χ4n) is 1.51. The molecule has 20 heavy (non-hydrogen) atoms. The maximum absolute atomic E-state index is 5.42. The fourth-order valence-corrected chi connectivity index (χ4v) is 1.69. The topological polar surface area (TPSA) is 64.6 Å². The Morgan fingerprint density at radius 3 is 2.65 bits per heavy atom. The molecule has 0 aromatic carbocycles. The van der Waals surface area contributed by atoms with Gasteiger partial charge >= 0.3 is 0 Å². The molecule has 0 aliphatic heterocycles. The van der Waals surface area contributed by atoms with Gasteiger partial charge in [0, 0.05) is 19.4 Å². The van der Waals surface area contributed by atoms with E-state index in [1.165, 1.54) is 0 Å². The molecular weight excluding hydrogens is 278 g/mol. The maximum Gasteiger partial charge on any atom is 0.174 e. The zero-order valence-electron chi connectivity index (χ0n) is 12.0. The Kier molecular flexibility index (Phi) is 7.86. The van der Waals surface area contributed by atoms with E-state index in [2.05, 4.69) is 15.6 Å². The van der Waals surface area contributed by atoms with Crippen molar-refractivity contribution in [1.82, 2.24) is 10.3 Å². The molecule has 0 saturated heterocycles. The van der Waals surface area contributed by atoms with E-state index in [1.54, 1.807) is 25.4 Å². The summed E-state index contributed by atoms with van der Waals surface area (Å²) in [5.74, 6) is 1.19. The summed E-state index contributed by atoms with van der Waals surface area (Å²) in [6.07, 6.45) is 1.34. The summed E-state index contributed by atoms with van der Waals surface area (Å²) < 4.78 is 16.0. The van der Waals surface area contributed by atoms with E-state index in [0.717, 1.165) is 0 Å². The molecule has 0 radical (unpaired) electrons. The van der Waals surface area contributed by atoms with Gasteiger partial charge in [-0.25, -0.2) is 4.98 Å². The van der Waals surface area contributed by atoms with Crippen LogP contribution in [-0.4, -0.2) is 43.3 Å². The van der Waals surface area contributed by atoms with Gasteiger partial charge in [0.15, 0.2) is 23.0 Å². The molecule has 0 bridgehead atoms. The van der Waals surface area contributed by atoms with Crippen molar-refractivity contribution in [1.29, 1.82) is 0 Å². The van der Waals surface area contributed by atoms with Crippen LogP contribution in [0.1, 0.15) is 13.8 Å². The Balaban J connectivity index is 2.46. The minimum Gasteiger partial charge on any atom is -0.493 e. The summed E-state index contributed by atoms with van der Waals surface area (Å²) >= 11 is 5.20. The Morgan fingerprint density at radius 1 is 1.35 bits per heavy atom. The molecule has 0 atom stereocenters. The molecule has 0 spiro atoms. The number of hydrogen-bond donors (Lipinski definition) is 2. The molecule has 0 saturated carbocycles. The van der Waals surface area contributed by atoms with E-state index >= 15 is 0 Å². The Bertz CT molecular complexity index is 412. The van der Waals surface area contributed by atoms with Gasteiger partial charge in [-0.3, -0.25) is 0 Å². The first-order valence-corrected chi connectivity index (χ1v) is 6.89. The zero-order chi connectivity index (χ0) is 14.8. The van der Waals surface area contributed by atoms with E-state index in [-0.39, 0.29) is 6.29 Å². The van der Waals surface area contributed by atoms with Crippen molar-refractivity contribution in [3.05, 3.63) is 18.3 Å². The Morgan fingerprint density at radius 2 is 2.05 bits per heavy atom. The number of ether oxygens (including phenoxy) is 3. The SMILES string of the molecule is CCOC(CNC(=S)Nc1ncccc1OC)OCC. The lowest BCUT2D eigenvalue weighted by molar-refractivity contribution is -0.130. The zero-order valence-corrected chi connectivity index (χ0v) is 12.8. The van der Waals surface area contributed by atoms with Crippen molar-refractivity contribution in [2.24, 2.45) is 0 Å². The summed E-state index contributed by atoms with van der Waals surface area (Å²) in [6, 6.07) is 3.60. The van der Waals surface area contributed by atoms with Crippen LogP contribution in [0.5, 0.6) is 5.75 Å². The molecule has 6 nitrogen and oxygen atoms in total. The smallest absolute Gasteiger partial charge is 0.174 e. The van der Waals surface area contributed by atoms with Gasteiger partial charge in [-0.05, 0) is 38.2 Å². The molecule has 1 aromatic rings. The standard InChI is InChI=1S/C13H21N3O3S/c1-4-18-11(19-5-2)9-15-13(20)16-12-10(17-3)7-6-8-14-12/h6-8,11H,4-5,9H2,1-3H3,(H2,14,15,16,20). The van der Waals surface area contributed by atoms with Crippen molar-refractivity contribution in [2.75, 3.05) is 32.2 Å². The van der Waals surface area contributed by atoms with Crippen molar-refractivity contribution in [3.8, 4) is 5.75 Å². The fraction of sp³-hybridized carbons (Fsp3) is 0.538. The minimum absolute atomic E-state index is 0.324. The van der Waals surface area contributed by atoms with Gasteiger partial charge in [0.2, 0.25) is 0 Å². The van der Waals surface area contributed by atoms with E-state index in [4.69, 9.17) is 26.4 Å². The van der Waals surface area contributed by atoms with Gasteiger partial charge in [0.05, 0.1) is 13.7 Å². The number of rotatable bonds is 8. The first kappa shape index (κ1) is 16.6. The van der Waals surface area contributed by atoms with Gasteiger partial charge in [-0.2, -0.15) is 0 Å². The highest BCUT2D eigenvalue weighted by atomic mass is 32.1. The van der Waals surface area contributed by atoms with Gasteiger partial charge in [0.25, 0.3) is 0 Å². The highest BCUT2D eigenvalue weighted by molar-refractivity contribution is 7.80. The van der Waals surface area contributed by atoms with E-state index in [1.807, 2.05) is 13.8 Å². The molecule has 0 amide bonds. The van der Waals surface area contributed by atoms with Crippen LogP contribution in [0.4, 0.5) is 5.82 Å². The van der Waals surface area contributed by atoms with Crippen LogP contribution in [0.3, 0.4) is 0 Å². The number of hydrogen-bond acceptors (Lipinski definition) is 5. The molecule has 0 fully saturated rings. The van der Waals surface area contributed by atoms with Crippen molar-refractivity contribution in [2.45, 2.75) is 20.1 Å². The second-order valence-electron chi connectivity index (χ2n) is 3.73. The van der Waals surface area contributed by atoms with Crippen LogP contribution in [0.15, 0.2) is 18.3 Å². The van der Waals surface area contributed by atoms with Gasteiger partial charge in [-0.15, -0.1) is 0 Å². The van der Waals surface area contributed by atoms with Crippen LogP contribution in [0.25, 0.3) is 0 Å². The maximum atomic E-state index is 5.42. The average Bonchev–Trinajstić information content (AvgIpc) is 2.46. The number of thiocarbonyl (C=S) groups is 1. The molecule has 0 aliphatic rings. The largest absolute Gasteiger partial charge is 0.493 e. The van der Waals surface area contributed by atoms with E-state index < -0.39 is 0 Å². The van der Waals surface area contributed by atoms with Crippen LogP contribution in [0, 0.1) is 0 Å². The third kappa shape index (κ3) is 5.68. The van der Waals surface area contributed by atoms with Crippen LogP contribution in [-0.2, 0) is 9.47 Å². The monoisotopic (exact) mass is 299 g/mol. The summed E-state index contributed by atoms with van der Waals surface area (Å²) in [7, 11) is 1.58. The molecule has 0 aliphatic carbocycles. The van der Waals surface area contributed by atoms with Gasteiger partial charge in [0.1, 0.15) is 0 Å². The van der Waals surface area contributed by atoms with Crippen LogP contribution >= 0.6 is 12.2 Å². The van der Waals surface area contributed by atoms with E-state index in [0.29, 0.717) is 36.4 Å². The van der Waals surface area contributed by atoms with Crippen molar-refractivity contribution >= 4 is 23.1 Å². The molecular formula is C13H21N3O3S. The number of methoxy groups -OCH3 is 1. The summed E-state index contributed by atoms with van der Waals surface area (Å²) in [5.41, 5.74) is 0. The van der Waals surface area contributed by atoms with Gasteiger partial charge in [-0.1, -0.05) is 0 Å². The molecule has 7 heteroatoms. The number of nitrogens with one attached hydrogen (secondary N) is 2. The Labute approximate surface area is 124 Å². The predicted molar refractivity (Wildman–Crippen MR) is 82.1 cm³/mol. The molecule has 1 heterocycles. The third-order valence-corrected chi connectivity index (χ3v) is 2.60. The quantitative estimate of drug-likeness (QED) is 0.560. The average molecular weight is 299 g/mol. The normalized spacial score (nSPS) is 10.4. The molecule has 1 rings (SSSR count). The molecule has 0 unspecified atom stereocenters. The highest BCUT2D eigenvalue weighted by Crippen LogP contribution is 2.19. The van der Waals surface area contributed by atoms with Crippen molar-refractivity contribution in [3.63, 3.8) is 0 Å². The molecule has 2 N–H and O–H groups in total. The number of nitrogens with zero attached hydrogens (tertiary/aromatic N) is 1. The number of aromatic nitrogens is 1. The van der Waals surface area contributed by atoms with Crippen LogP contribution < -0.4 is 15.4 Å². The minimum atomic E-state index is -0.324. The van der Waals surface area contributed by atoms with Crippen molar-refractivity contribution < 1.29 is 14.2 Å². The summed E-state index contributed by atoms with van der Waals surface area (Å²) in [6.45, 7) is 5.46. The second-order valence-corrected chi connectivity index (χ2v) is 4.14. The first-order valence-electron chi connectivity index (χ1n) is 6.48. The molecule has 112 valence electrons. The Hall–Kier alpha value is -1.44.